The molecule has 18 nitrogen and oxygen atoms in total. The summed E-state index contributed by atoms with van der Waals surface area (Å²) >= 11 is 2.59. The second-order valence-corrected chi connectivity index (χ2v) is 19.0. The molecule has 4 aromatic carbocycles. The zero-order valence-electron chi connectivity index (χ0n) is 37.0. The maximum absolute atomic E-state index is 12.9. The summed E-state index contributed by atoms with van der Waals surface area (Å²) < 4.78 is 70.1. The maximum atomic E-state index is 12.9. The van der Waals surface area contributed by atoms with Crippen LogP contribution in [0.1, 0.15) is 64.0 Å². The Morgan fingerprint density at radius 1 is 0.714 bits per heavy atom. The number of likely N-dealkylation sites (N-methyl/N-ethyl adjacent to an activating group) is 1. The number of benzene rings is 4. The fraction of sp³-hybridized carbons (Fsp3) is 0.261. The molecule has 10 rings (SSSR count). The predicted octanol–water partition coefficient (Wildman–Crippen LogP) is 7.42. The number of carbonyl (C=O) groups is 4. The lowest BCUT2D eigenvalue weighted by Gasteiger charge is -2.22. The van der Waals surface area contributed by atoms with E-state index in [0.717, 1.165) is 56.0 Å². The molecule has 2 atom stereocenters. The van der Waals surface area contributed by atoms with Crippen molar-refractivity contribution in [2.75, 3.05) is 31.1 Å². The predicted molar refractivity (Wildman–Crippen MR) is 251 cm³/mol. The van der Waals surface area contributed by atoms with E-state index in [1.54, 1.807) is 4.90 Å². The molecule has 362 valence electrons. The van der Waals surface area contributed by atoms with Crippen LogP contribution in [0.2, 0.25) is 0 Å². The van der Waals surface area contributed by atoms with Crippen molar-refractivity contribution in [2.45, 2.75) is 44.7 Å². The van der Waals surface area contributed by atoms with Crippen LogP contribution in [-0.2, 0) is 30.3 Å². The number of hydrogen-bond donors (Lipinski definition) is 2. The number of nitrogens with zero attached hydrogens (tertiary/aromatic N) is 7. The van der Waals surface area contributed by atoms with Gasteiger partial charge in [0.15, 0.2) is 10.0 Å². The van der Waals surface area contributed by atoms with Crippen LogP contribution in [0.25, 0.3) is 42.7 Å². The van der Waals surface area contributed by atoms with Crippen molar-refractivity contribution in [3.8, 4) is 22.3 Å². The standard InChI is InChI=1S/C22H19N5O3S.C21H16N4O3S.C3H5F3O3S/c1-2-27(16-10-11-23-19(16)29)22-26-25-20(30-22)18(28)21-24-15-9-8-14(12-17(15)31-21)13-6-4-3-5-7-13;26-18(20-25-24-17(28-20)11-14-8-9-22-19(14)27)21-23-15-7-6-13(10-16(15)29-21)12-4-2-1-3-5-12;1-2-9-10(7,8)3(4,5)6/h3-9,12,16H,2,10-11H2,1H3,(H,23,29);1-7,10,14H,8-9,11H2,(H,22,27);2H2,1H3. The molecule has 24 heteroatoms. The van der Waals surface area contributed by atoms with E-state index in [1.807, 2.05) is 104 Å². The van der Waals surface area contributed by atoms with Crippen LogP contribution in [0.15, 0.2) is 106 Å². The Kier molecular flexibility index (Phi) is 14.9. The molecule has 70 heavy (non-hydrogen) atoms. The van der Waals surface area contributed by atoms with E-state index in [9.17, 15) is 40.8 Å². The highest BCUT2D eigenvalue weighted by Gasteiger charge is 2.47. The van der Waals surface area contributed by atoms with Gasteiger partial charge in [-0.15, -0.1) is 38.0 Å². The minimum absolute atomic E-state index is 0.0172. The van der Waals surface area contributed by atoms with Gasteiger partial charge in [0.25, 0.3) is 23.3 Å². The minimum atomic E-state index is -5.35. The molecule has 2 saturated heterocycles. The second kappa shape index (κ2) is 21.2. The summed E-state index contributed by atoms with van der Waals surface area (Å²) in [5.74, 6) is -1.03. The van der Waals surface area contributed by atoms with Gasteiger partial charge in [-0.1, -0.05) is 77.9 Å². The third kappa shape index (κ3) is 11.1. The molecule has 2 unspecified atom stereocenters. The van der Waals surface area contributed by atoms with Crippen LogP contribution in [-0.4, -0.2) is 100.0 Å². The third-order valence-electron chi connectivity index (χ3n) is 10.8. The number of thiazole rings is 2. The number of ketones is 2. The summed E-state index contributed by atoms with van der Waals surface area (Å²) in [5.41, 5.74) is 0.519. The van der Waals surface area contributed by atoms with Crippen molar-refractivity contribution < 1.29 is 53.8 Å². The van der Waals surface area contributed by atoms with E-state index in [1.165, 1.54) is 22.7 Å². The molecule has 0 bridgehead atoms. The Labute approximate surface area is 404 Å². The van der Waals surface area contributed by atoms with Gasteiger partial charge < -0.3 is 24.4 Å². The monoisotopic (exact) mass is 1020 g/mol. The summed E-state index contributed by atoms with van der Waals surface area (Å²) in [7, 11) is -5.35. The van der Waals surface area contributed by atoms with Crippen LogP contribution in [0.4, 0.5) is 19.2 Å². The van der Waals surface area contributed by atoms with Gasteiger partial charge in [0.1, 0.15) is 6.04 Å². The number of nitrogens with one attached hydrogen (secondary N) is 2. The third-order valence-corrected chi connectivity index (χ3v) is 13.9. The maximum Gasteiger partial charge on any atom is 0.523 e. The van der Waals surface area contributed by atoms with Gasteiger partial charge in [0, 0.05) is 32.0 Å². The van der Waals surface area contributed by atoms with Crippen molar-refractivity contribution in [2.24, 2.45) is 5.92 Å². The number of halogens is 3. The number of hydrogen-bond acceptors (Lipinski definition) is 18. The summed E-state index contributed by atoms with van der Waals surface area (Å²) in [6, 6.07) is 31.7. The molecule has 2 amide bonds. The van der Waals surface area contributed by atoms with E-state index in [4.69, 9.17) is 8.83 Å². The molecule has 8 aromatic rings. The fourth-order valence-electron chi connectivity index (χ4n) is 7.34. The van der Waals surface area contributed by atoms with Crippen LogP contribution in [0.3, 0.4) is 0 Å². The first kappa shape index (κ1) is 49.2. The number of anilines is 1. The van der Waals surface area contributed by atoms with Crippen molar-refractivity contribution in [3.05, 3.63) is 125 Å². The van der Waals surface area contributed by atoms with Crippen LogP contribution < -0.4 is 15.5 Å². The number of rotatable bonds is 13. The van der Waals surface area contributed by atoms with Gasteiger partial charge in [-0.25, -0.2) is 9.97 Å². The molecular weight excluding hydrogens is 976 g/mol. The van der Waals surface area contributed by atoms with E-state index in [2.05, 4.69) is 45.2 Å². The summed E-state index contributed by atoms with van der Waals surface area (Å²) in [6.45, 7) is 4.31. The molecule has 0 saturated carbocycles. The smallest absolute Gasteiger partial charge is 0.418 e. The molecule has 2 N–H and O–H groups in total. The lowest BCUT2D eigenvalue weighted by atomic mass is 10.0. The van der Waals surface area contributed by atoms with Gasteiger partial charge in [0.2, 0.25) is 17.7 Å². The van der Waals surface area contributed by atoms with E-state index >= 15 is 0 Å². The largest absolute Gasteiger partial charge is 0.523 e. The molecule has 2 aliphatic heterocycles. The average Bonchev–Trinajstić information content (AvgIpc) is 4.24. The van der Waals surface area contributed by atoms with E-state index < -0.39 is 33.8 Å². The molecule has 2 aliphatic rings. The Morgan fingerprint density at radius 3 is 1.71 bits per heavy atom. The molecule has 0 spiro atoms. The quantitative estimate of drug-likeness (QED) is 0.0648. The van der Waals surface area contributed by atoms with Crippen molar-refractivity contribution in [3.63, 3.8) is 0 Å². The minimum Gasteiger partial charge on any atom is -0.418 e. The topological polar surface area (TPSA) is 243 Å². The van der Waals surface area contributed by atoms with Crippen LogP contribution >= 0.6 is 22.7 Å². The second-order valence-electron chi connectivity index (χ2n) is 15.4. The Morgan fingerprint density at radius 2 is 1.24 bits per heavy atom. The van der Waals surface area contributed by atoms with E-state index in [0.29, 0.717) is 43.4 Å². The lowest BCUT2D eigenvalue weighted by molar-refractivity contribution is -0.122. The van der Waals surface area contributed by atoms with Crippen LogP contribution in [0, 0.1) is 5.92 Å². The number of aromatic nitrogens is 6. The van der Waals surface area contributed by atoms with Crippen LogP contribution in [0.5, 0.6) is 0 Å². The highest BCUT2D eigenvalue weighted by Crippen LogP contribution is 2.32. The zero-order chi connectivity index (χ0) is 49.6. The number of fused-ring (bicyclic) bond motifs is 2. The first-order valence-corrected chi connectivity index (χ1v) is 24.6. The normalized spacial score (nSPS) is 15.7. The molecule has 0 aliphatic carbocycles. The molecule has 4 aromatic heterocycles. The number of amides is 2. The highest BCUT2D eigenvalue weighted by atomic mass is 32.2. The fourth-order valence-corrected chi connectivity index (χ4v) is 9.65. The first-order valence-electron chi connectivity index (χ1n) is 21.6. The Hall–Kier alpha value is -7.28. The summed E-state index contributed by atoms with van der Waals surface area (Å²) in [4.78, 5) is 60.0. The van der Waals surface area contributed by atoms with E-state index in [-0.39, 0.29) is 46.6 Å². The van der Waals surface area contributed by atoms with Crippen molar-refractivity contribution in [1.29, 1.82) is 0 Å². The zero-order valence-corrected chi connectivity index (χ0v) is 39.5. The number of alkyl halides is 3. The highest BCUT2D eigenvalue weighted by molar-refractivity contribution is 7.87. The number of carbonyl (C=O) groups excluding carboxylic acids is 4. The van der Waals surface area contributed by atoms with Gasteiger partial charge in [0.05, 0.1) is 27.0 Å². The lowest BCUT2D eigenvalue weighted by Crippen LogP contribution is -2.40. The van der Waals surface area contributed by atoms with Crippen molar-refractivity contribution in [1.82, 2.24) is 41.0 Å². The van der Waals surface area contributed by atoms with Gasteiger partial charge in [-0.3, -0.25) is 23.4 Å². The molecule has 0 radical (unpaired) electrons. The Bertz CT molecular complexity index is 3290. The van der Waals surface area contributed by atoms with Crippen molar-refractivity contribution >= 4 is 82.6 Å². The van der Waals surface area contributed by atoms with Gasteiger partial charge in [-0.2, -0.15) is 21.6 Å². The molecule has 6 heterocycles. The van der Waals surface area contributed by atoms with Gasteiger partial charge in [-0.05, 0) is 73.2 Å². The Balaban J connectivity index is 0.000000158. The average molecular weight is 1020 g/mol. The molecule has 2 fully saturated rings. The SMILES string of the molecule is CCN(c1nnc(C(=O)c2nc3ccc(-c4ccccc4)cc3s2)o1)C1CCNC1=O.CCOS(=O)(=O)C(F)(F)F.O=C(c1nnc(CC2CCNC2=O)o1)c1nc2ccc(-c3ccccc3)cc2s1. The summed E-state index contributed by atoms with van der Waals surface area (Å²) in [5, 5.41) is 21.9. The summed E-state index contributed by atoms with van der Waals surface area (Å²) in [6.07, 6.45) is 1.72. The molecular formula is C46H40F3N9O9S3. The van der Waals surface area contributed by atoms with Gasteiger partial charge >= 0.3 is 21.6 Å². The first-order chi connectivity index (χ1) is 33.6.